The van der Waals surface area contributed by atoms with Gasteiger partial charge in [0.2, 0.25) is 0 Å². The Hall–Kier alpha value is -2.30. The molecule has 1 amide bonds. The van der Waals surface area contributed by atoms with E-state index >= 15 is 0 Å². The molecule has 2 unspecified atom stereocenters. The molecule has 2 fully saturated rings. The van der Waals surface area contributed by atoms with Crippen LogP contribution in [0.5, 0.6) is 0 Å². The molecule has 1 aliphatic heterocycles. The highest BCUT2D eigenvalue weighted by atomic mass is 16.5. The first kappa shape index (κ1) is 20.0. The first-order chi connectivity index (χ1) is 13.7. The van der Waals surface area contributed by atoms with Crippen molar-refractivity contribution in [3.63, 3.8) is 0 Å². The Kier molecular flexibility index (Phi) is 4.96. The second-order valence-electron chi connectivity index (χ2n) is 9.98. The monoisotopic (exact) mass is 396 g/mol. The van der Waals surface area contributed by atoms with Crippen molar-refractivity contribution in [3.05, 3.63) is 36.0 Å². The van der Waals surface area contributed by atoms with Gasteiger partial charge in [0.15, 0.2) is 0 Å². The van der Waals surface area contributed by atoms with Crippen LogP contribution in [0.15, 0.2) is 30.5 Å². The standard InChI is InChI=1S/C24H32N2O3/c1-5-29-21(27)9-11-25-10-8-17-12-18(6-7-20(17)25)22(28)26-16-24(4)14-19(26)13-23(2,3)15-24/h6-8,10,12,19H,5,9,11,13-16H2,1-4H3. The Morgan fingerprint density at radius 3 is 2.72 bits per heavy atom. The Bertz CT molecular complexity index is 945. The van der Waals surface area contributed by atoms with Crippen LogP contribution in [0.2, 0.25) is 0 Å². The molecule has 2 bridgehead atoms. The molecule has 5 nitrogen and oxygen atoms in total. The zero-order valence-corrected chi connectivity index (χ0v) is 18.0. The van der Waals surface area contributed by atoms with Crippen molar-refractivity contribution in [1.29, 1.82) is 0 Å². The zero-order chi connectivity index (χ0) is 20.8. The van der Waals surface area contributed by atoms with Crippen molar-refractivity contribution >= 4 is 22.8 Å². The summed E-state index contributed by atoms with van der Waals surface area (Å²) in [7, 11) is 0. The minimum atomic E-state index is -0.183. The summed E-state index contributed by atoms with van der Waals surface area (Å²) in [5.41, 5.74) is 2.34. The quantitative estimate of drug-likeness (QED) is 0.692. The molecule has 2 aliphatic rings. The molecule has 0 N–H and O–H groups in total. The van der Waals surface area contributed by atoms with Gasteiger partial charge in [-0.2, -0.15) is 0 Å². The number of rotatable bonds is 5. The van der Waals surface area contributed by atoms with Gasteiger partial charge < -0.3 is 14.2 Å². The highest BCUT2D eigenvalue weighted by Crippen LogP contribution is 2.52. The summed E-state index contributed by atoms with van der Waals surface area (Å²) in [6.07, 6.45) is 5.71. The highest BCUT2D eigenvalue weighted by Gasteiger charge is 2.51. The molecule has 2 atom stereocenters. The highest BCUT2D eigenvalue weighted by molar-refractivity contribution is 5.98. The lowest BCUT2D eigenvalue weighted by Gasteiger charge is -2.39. The molecule has 2 heterocycles. The van der Waals surface area contributed by atoms with Gasteiger partial charge in [0.05, 0.1) is 13.0 Å². The summed E-state index contributed by atoms with van der Waals surface area (Å²) in [4.78, 5) is 27.1. The molecular formula is C24H32N2O3. The van der Waals surface area contributed by atoms with E-state index in [0.717, 1.165) is 35.9 Å². The molecule has 0 radical (unpaired) electrons. The molecule has 1 aromatic heterocycles. The van der Waals surface area contributed by atoms with Gasteiger partial charge in [-0.3, -0.25) is 9.59 Å². The lowest BCUT2D eigenvalue weighted by Crippen LogP contribution is -2.37. The Morgan fingerprint density at radius 1 is 1.17 bits per heavy atom. The van der Waals surface area contributed by atoms with Gasteiger partial charge >= 0.3 is 5.97 Å². The number of benzene rings is 1. The summed E-state index contributed by atoms with van der Waals surface area (Å²) in [5.74, 6) is -0.0321. The van der Waals surface area contributed by atoms with Crippen molar-refractivity contribution in [2.24, 2.45) is 10.8 Å². The van der Waals surface area contributed by atoms with Gasteiger partial charge in [0, 0.05) is 41.8 Å². The van der Waals surface area contributed by atoms with Gasteiger partial charge in [-0.05, 0) is 61.3 Å². The first-order valence-electron chi connectivity index (χ1n) is 10.8. The van der Waals surface area contributed by atoms with Crippen LogP contribution in [0, 0.1) is 10.8 Å². The Morgan fingerprint density at radius 2 is 1.97 bits per heavy atom. The minimum absolute atomic E-state index is 0.151. The number of amides is 1. The fraction of sp³-hybridized carbons (Fsp3) is 0.583. The SMILES string of the molecule is CCOC(=O)CCn1ccc2cc(C(=O)N3CC4(C)CC3CC(C)(C)C4)ccc21. The molecule has 1 saturated carbocycles. The molecular weight excluding hydrogens is 364 g/mol. The van der Waals surface area contributed by atoms with E-state index in [4.69, 9.17) is 4.74 Å². The number of nitrogens with zero attached hydrogens (tertiary/aromatic N) is 2. The van der Waals surface area contributed by atoms with E-state index in [1.54, 1.807) is 0 Å². The third-order valence-electron chi connectivity index (χ3n) is 6.56. The molecule has 1 saturated heterocycles. The lowest BCUT2D eigenvalue weighted by atomic mass is 9.65. The number of carbonyl (C=O) groups is 2. The number of aromatic nitrogens is 1. The maximum Gasteiger partial charge on any atom is 0.307 e. The van der Waals surface area contributed by atoms with Gasteiger partial charge in [-0.25, -0.2) is 0 Å². The molecule has 2 aromatic rings. The van der Waals surface area contributed by atoms with Crippen molar-refractivity contribution in [2.45, 2.75) is 66.0 Å². The molecule has 0 spiro atoms. The minimum Gasteiger partial charge on any atom is -0.466 e. The topological polar surface area (TPSA) is 51.5 Å². The second-order valence-corrected chi connectivity index (χ2v) is 9.98. The fourth-order valence-electron chi connectivity index (χ4n) is 5.84. The zero-order valence-electron chi connectivity index (χ0n) is 18.0. The van der Waals surface area contributed by atoms with E-state index in [2.05, 4.69) is 25.7 Å². The normalized spacial score (nSPS) is 25.4. The van der Waals surface area contributed by atoms with Crippen molar-refractivity contribution in [1.82, 2.24) is 9.47 Å². The van der Waals surface area contributed by atoms with E-state index in [1.807, 2.05) is 42.0 Å². The number of carbonyl (C=O) groups excluding carboxylic acids is 2. The molecule has 156 valence electrons. The molecule has 1 aromatic carbocycles. The van der Waals surface area contributed by atoms with Crippen LogP contribution in [0.25, 0.3) is 10.9 Å². The molecule has 29 heavy (non-hydrogen) atoms. The molecule has 4 rings (SSSR count). The van der Waals surface area contributed by atoms with E-state index in [9.17, 15) is 9.59 Å². The van der Waals surface area contributed by atoms with Crippen LogP contribution in [0.1, 0.15) is 63.7 Å². The average molecular weight is 397 g/mol. The Labute approximate surface area is 173 Å². The van der Waals surface area contributed by atoms with Crippen LogP contribution < -0.4 is 0 Å². The largest absolute Gasteiger partial charge is 0.466 e. The van der Waals surface area contributed by atoms with Gasteiger partial charge in [0.1, 0.15) is 0 Å². The summed E-state index contributed by atoms with van der Waals surface area (Å²) < 4.78 is 7.06. The van der Waals surface area contributed by atoms with Gasteiger partial charge in [0.25, 0.3) is 5.91 Å². The molecule has 5 heteroatoms. The maximum atomic E-state index is 13.3. The summed E-state index contributed by atoms with van der Waals surface area (Å²) in [5, 5.41) is 1.04. The summed E-state index contributed by atoms with van der Waals surface area (Å²) >= 11 is 0. The number of likely N-dealkylation sites (tertiary alicyclic amines) is 1. The predicted octanol–water partition coefficient (Wildman–Crippen LogP) is 4.64. The molecule has 1 aliphatic carbocycles. The fourth-order valence-corrected chi connectivity index (χ4v) is 5.84. The second kappa shape index (κ2) is 7.19. The van der Waals surface area contributed by atoms with Gasteiger partial charge in [-0.1, -0.05) is 20.8 Å². The van der Waals surface area contributed by atoms with Crippen LogP contribution in [-0.4, -0.2) is 40.5 Å². The van der Waals surface area contributed by atoms with E-state index in [0.29, 0.717) is 31.0 Å². The van der Waals surface area contributed by atoms with Crippen LogP contribution in [0.3, 0.4) is 0 Å². The van der Waals surface area contributed by atoms with E-state index in [1.165, 1.54) is 6.42 Å². The number of esters is 1. The van der Waals surface area contributed by atoms with Crippen LogP contribution in [-0.2, 0) is 16.1 Å². The van der Waals surface area contributed by atoms with E-state index in [-0.39, 0.29) is 17.3 Å². The maximum absolute atomic E-state index is 13.3. The van der Waals surface area contributed by atoms with Crippen LogP contribution >= 0.6 is 0 Å². The number of fused-ring (bicyclic) bond motifs is 3. The summed E-state index contributed by atoms with van der Waals surface area (Å²) in [6, 6.07) is 8.29. The first-order valence-corrected chi connectivity index (χ1v) is 10.8. The number of aryl methyl sites for hydroxylation is 1. The van der Waals surface area contributed by atoms with Gasteiger partial charge in [-0.15, -0.1) is 0 Å². The lowest BCUT2D eigenvalue weighted by molar-refractivity contribution is -0.143. The van der Waals surface area contributed by atoms with E-state index < -0.39 is 0 Å². The predicted molar refractivity (Wildman–Crippen MR) is 114 cm³/mol. The van der Waals surface area contributed by atoms with Crippen LogP contribution in [0.4, 0.5) is 0 Å². The van der Waals surface area contributed by atoms with Crippen molar-refractivity contribution in [3.8, 4) is 0 Å². The third-order valence-corrected chi connectivity index (χ3v) is 6.56. The average Bonchev–Trinajstić information content (AvgIpc) is 3.15. The number of ether oxygens (including phenoxy) is 1. The summed E-state index contributed by atoms with van der Waals surface area (Å²) in [6.45, 7) is 10.7. The Balaban J connectivity index is 1.52. The van der Waals surface area contributed by atoms with Crippen molar-refractivity contribution < 1.29 is 14.3 Å². The third kappa shape index (κ3) is 3.92. The smallest absolute Gasteiger partial charge is 0.307 e. The number of hydrogen-bond donors (Lipinski definition) is 0. The number of hydrogen-bond acceptors (Lipinski definition) is 3. The van der Waals surface area contributed by atoms with Crippen molar-refractivity contribution in [2.75, 3.05) is 13.2 Å².